The van der Waals surface area contributed by atoms with Crippen LogP contribution in [0.4, 0.5) is 0 Å². The molecule has 2 nitrogen and oxygen atoms in total. The fraction of sp³-hybridized carbons (Fsp3) is 0.300. The minimum atomic E-state index is 0.584. The lowest BCUT2D eigenvalue weighted by Gasteiger charge is -2.08. The van der Waals surface area contributed by atoms with Gasteiger partial charge in [0, 0.05) is 3.57 Å². The maximum Gasteiger partial charge on any atom is 0.153 e. The second-order valence-corrected chi connectivity index (χ2v) is 3.85. The lowest BCUT2D eigenvalue weighted by molar-refractivity contribution is 0.112. The van der Waals surface area contributed by atoms with Gasteiger partial charge in [-0.25, -0.2) is 0 Å². The molecule has 1 aromatic rings. The van der Waals surface area contributed by atoms with E-state index in [0.717, 1.165) is 15.4 Å². The molecule has 3 heteroatoms. The fourth-order valence-corrected chi connectivity index (χ4v) is 1.53. The Hall–Kier alpha value is -0.580. The van der Waals surface area contributed by atoms with Crippen molar-refractivity contribution < 1.29 is 9.53 Å². The summed E-state index contributed by atoms with van der Waals surface area (Å²) in [5.74, 6) is 0.676. The highest BCUT2D eigenvalue weighted by Crippen LogP contribution is 2.23. The number of hydrogen-bond donors (Lipinski definition) is 0. The molecule has 0 amide bonds. The Kier molecular flexibility index (Phi) is 3.71. The molecule has 0 fully saturated rings. The summed E-state index contributed by atoms with van der Waals surface area (Å²) in [5.41, 5.74) is 1.76. The second-order valence-electron chi connectivity index (χ2n) is 2.69. The van der Waals surface area contributed by atoms with Crippen molar-refractivity contribution in [2.75, 3.05) is 6.61 Å². The van der Waals surface area contributed by atoms with Crippen LogP contribution in [0.3, 0.4) is 0 Å². The van der Waals surface area contributed by atoms with Crippen LogP contribution in [0.2, 0.25) is 0 Å². The highest BCUT2D eigenvalue weighted by molar-refractivity contribution is 14.1. The van der Waals surface area contributed by atoms with Crippen molar-refractivity contribution in [3.8, 4) is 5.75 Å². The van der Waals surface area contributed by atoms with Gasteiger partial charge in [-0.05, 0) is 54.1 Å². The number of ether oxygens (including phenoxy) is 1. The van der Waals surface area contributed by atoms with Crippen LogP contribution in [0.1, 0.15) is 22.8 Å². The van der Waals surface area contributed by atoms with Gasteiger partial charge in [-0.2, -0.15) is 0 Å². The predicted octanol–water partition coefficient (Wildman–Crippen LogP) is 2.81. The van der Waals surface area contributed by atoms with Gasteiger partial charge >= 0.3 is 0 Å². The Morgan fingerprint density at radius 1 is 1.54 bits per heavy atom. The van der Waals surface area contributed by atoms with Crippen LogP contribution in [-0.2, 0) is 0 Å². The van der Waals surface area contributed by atoms with E-state index in [4.69, 9.17) is 4.74 Å². The number of benzene rings is 1. The molecule has 0 heterocycles. The van der Waals surface area contributed by atoms with Gasteiger partial charge in [0.25, 0.3) is 0 Å². The van der Waals surface area contributed by atoms with E-state index in [1.807, 2.05) is 26.0 Å². The van der Waals surface area contributed by atoms with Crippen molar-refractivity contribution in [1.29, 1.82) is 0 Å². The SMILES string of the molecule is CCOc1cc(C)c(I)cc1C=O. The standard InChI is InChI=1S/C10H11IO2/c1-3-13-10-4-7(2)9(11)5-8(10)6-12/h4-6H,3H2,1-2H3. The Labute approximate surface area is 91.4 Å². The number of carbonyl (C=O) groups excluding carboxylic acids is 1. The van der Waals surface area contributed by atoms with Gasteiger partial charge in [0.05, 0.1) is 12.2 Å². The molecule has 0 aromatic heterocycles. The summed E-state index contributed by atoms with van der Waals surface area (Å²) in [6.07, 6.45) is 0.826. The molecule has 0 saturated heterocycles. The van der Waals surface area contributed by atoms with E-state index in [0.29, 0.717) is 17.9 Å². The van der Waals surface area contributed by atoms with E-state index >= 15 is 0 Å². The van der Waals surface area contributed by atoms with Crippen molar-refractivity contribution in [3.05, 3.63) is 26.8 Å². The Morgan fingerprint density at radius 2 is 2.23 bits per heavy atom. The van der Waals surface area contributed by atoms with E-state index in [9.17, 15) is 4.79 Å². The summed E-state index contributed by atoms with van der Waals surface area (Å²) in [6.45, 7) is 4.49. The van der Waals surface area contributed by atoms with Crippen molar-refractivity contribution in [1.82, 2.24) is 0 Å². The van der Waals surface area contributed by atoms with Gasteiger partial charge in [-0.1, -0.05) is 0 Å². The van der Waals surface area contributed by atoms with Gasteiger partial charge in [-0.3, -0.25) is 4.79 Å². The van der Waals surface area contributed by atoms with E-state index in [1.54, 1.807) is 0 Å². The zero-order valence-electron chi connectivity index (χ0n) is 7.63. The van der Waals surface area contributed by atoms with Gasteiger partial charge in [0.2, 0.25) is 0 Å². The number of aldehydes is 1. The first-order chi connectivity index (χ1) is 6.19. The smallest absolute Gasteiger partial charge is 0.153 e. The molecule has 0 bridgehead atoms. The summed E-state index contributed by atoms with van der Waals surface area (Å²) in [4.78, 5) is 10.7. The molecule has 0 spiro atoms. The maximum atomic E-state index is 10.7. The largest absolute Gasteiger partial charge is 0.493 e. The molecule has 0 aliphatic rings. The molecular weight excluding hydrogens is 279 g/mol. The highest BCUT2D eigenvalue weighted by atomic mass is 127. The Bertz CT molecular complexity index is 321. The van der Waals surface area contributed by atoms with Crippen LogP contribution in [-0.4, -0.2) is 12.9 Å². The summed E-state index contributed by atoms with van der Waals surface area (Å²) in [5, 5.41) is 0. The van der Waals surface area contributed by atoms with Gasteiger partial charge in [0.1, 0.15) is 5.75 Å². The Balaban J connectivity index is 3.16. The van der Waals surface area contributed by atoms with Crippen LogP contribution in [0.5, 0.6) is 5.75 Å². The number of carbonyl (C=O) groups is 1. The molecule has 0 N–H and O–H groups in total. The van der Waals surface area contributed by atoms with Gasteiger partial charge in [-0.15, -0.1) is 0 Å². The quantitative estimate of drug-likeness (QED) is 0.632. The normalized spacial score (nSPS) is 9.77. The monoisotopic (exact) mass is 290 g/mol. The summed E-state index contributed by atoms with van der Waals surface area (Å²) >= 11 is 2.20. The molecular formula is C10H11IO2. The molecule has 70 valence electrons. The number of halogens is 1. The molecule has 1 rings (SSSR count). The zero-order valence-corrected chi connectivity index (χ0v) is 9.79. The number of aryl methyl sites for hydroxylation is 1. The van der Waals surface area contributed by atoms with Crippen LogP contribution in [0.25, 0.3) is 0 Å². The van der Waals surface area contributed by atoms with E-state index in [1.165, 1.54) is 0 Å². The van der Waals surface area contributed by atoms with Crippen LogP contribution >= 0.6 is 22.6 Å². The topological polar surface area (TPSA) is 26.3 Å². The lowest BCUT2D eigenvalue weighted by Crippen LogP contribution is -1.97. The number of rotatable bonds is 3. The molecule has 0 aliphatic heterocycles. The summed E-state index contributed by atoms with van der Waals surface area (Å²) < 4.78 is 6.42. The average molecular weight is 290 g/mol. The molecule has 0 aliphatic carbocycles. The third-order valence-corrected chi connectivity index (χ3v) is 2.88. The minimum absolute atomic E-state index is 0.584. The first-order valence-corrected chi connectivity index (χ1v) is 5.15. The maximum absolute atomic E-state index is 10.7. The van der Waals surface area contributed by atoms with Crippen molar-refractivity contribution in [3.63, 3.8) is 0 Å². The van der Waals surface area contributed by atoms with Crippen LogP contribution in [0, 0.1) is 10.5 Å². The molecule has 1 aromatic carbocycles. The van der Waals surface area contributed by atoms with Gasteiger partial charge in [0.15, 0.2) is 6.29 Å². The summed E-state index contributed by atoms with van der Waals surface area (Å²) in [6, 6.07) is 3.74. The van der Waals surface area contributed by atoms with Crippen LogP contribution < -0.4 is 4.74 Å². The summed E-state index contributed by atoms with van der Waals surface area (Å²) in [7, 11) is 0. The van der Waals surface area contributed by atoms with E-state index in [2.05, 4.69) is 22.6 Å². The average Bonchev–Trinajstić information content (AvgIpc) is 2.11. The second kappa shape index (κ2) is 4.60. The molecule has 13 heavy (non-hydrogen) atoms. The molecule has 0 unspecified atom stereocenters. The van der Waals surface area contributed by atoms with Crippen molar-refractivity contribution in [2.24, 2.45) is 0 Å². The predicted molar refractivity (Wildman–Crippen MR) is 60.5 cm³/mol. The molecule has 0 atom stereocenters. The number of hydrogen-bond acceptors (Lipinski definition) is 2. The third kappa shape index (κ3) is 2.43. The molecule has 0 saturated carbocycles. The minimum Gasteiger partial charge on any atom is -0.493 e. The fourth-order valence-electron chi connectivity index (χ4n) is 1.04. The first-order valence-electron chi connectivity index (χ1n) is 4.07. The van der Waals surface area contributed by atoms with Crippen molar-refractivity contribution >= 4 is 28.9 Å². The van der Waals surface area contributed by atoms with Crippen LogP contribution in [0.15, 0.2) is 12.1 Å². The zero-order chi connectivity index (χ0) is 9.84. The van der Waals surface area contributed by atoms with E-state index < -0.39 is 0 Å². The highest BCUT2D eigenvalue weighted by Gasteiger charge is 2.05. The first kappa shape index (κ1) is 10.5. The van der Waals surface area contributed by atoms with Gasteiger partial charge < -0.3 is 4.74 Å². The van der Waals surface area contributed by atoms with Crippen molar-refractivity contribution in [2.45, 2.75) is 13.8 Å². The Morgan fingerprint density at radius 3 is 2.77 bits per heavy atom. The molecule has 0 radical (unpaired) electrons. The third-order valence-electron chi connectivity index (χ3n) is 1.72. The van der Waals surface area contributed by atoms with E-state index in [-0.39, 0.29) is 0 Å². The lowest BCUT2D eigenvalue weighted by atomic mass is 10.1.